The molecule has 1 atom stereocenters. The van der Waals surface area contributed by atoms with Gasteiger partial charge in [-0.3, -0.25) is 0 Å². The largest absolute Gasteiger partial charge is 0.472 e. The Morgan fingerprint density at radius 2 is 1.88 bits per heavy atom. The van der Waals surface area contributed by atoms with Gasteiger partial charge < -0.3 is 10.2 Å². The van der Waals surface area contributed by atoms with Crippen molar-refractivity contribution in [2.24, 2.45) is 5.73 Å². The summed E-state index contributed by atoms with van der Waals surface area (Å²) in [5, 5.41) is 0. The molecule has 0 aliphatic heterocycles. The van der Waals surface area contributed by atoms with Crippen molar-refractivity contribution in [3.8, 4) is 0 Å². The first kappa shape index (κ1) is 11.0. The Hall–Kier alpha value is -1.54. The number of aryl methyl sites for hydroxylation is 2. The van der Waals surface area contributed by atoms with Gasteiger partial charge in [-0.2, -0.15) is 0 Å². The van der Waals surface area contributed by atoms with E-state index in [9.17, 15) is 0 Å². The van der Waals surface area contributed by atoms with Gasteiger partial charge in [-0.1, -0.05) is 18.2 Å². The molecule has 0 aliphatic rings. The first-order valence-electron chi connectivity index (χ1n) is 5.51. The number of hydrogen-bond donors (Lipinski definition) is 1. The summed E-state index contributed by atoms with van der Waals surface area (Å²) in [7, 11) is 0. The van der Waals surface area contributed by atoms with Crippen LogP contribution in [0.2, 0.25) is 0 Å². The van der Waals surface area contributed by atoms with Crippen LogP contribution in [-0.4, -0.2) is 0 Å². The predicted molar refractivity (Wildman–Crippen MR) is 65.3 cm³/mol. The summed E-state index contributed by atoms with van der Waals surface area (Å²) in [6.45, 7) is 4.26. The molecule has 2 nitrogen and oxygen atoms in total. The third-order valence-electron chi connectivity index (χ3n) is 3.04. The van der Waals surface area contributed by atoms with E-state index in [1.54, 1.807) is 12.5 Å². The smallest absolute Gasteiger partial charge is 0.0950 e. The van der Waals surface area contributed by atoms with Crippen molar-refractivity contribution in [2.75, 3.05) is 0 Å². The van der Waals surface area contributed by atoms with Gasteiger partial charge in [0, 0.05) is 11.6 Å². The van der Waals surface area contributed by atoms with Crippen molar-refractivity contribution < 1.29 is 4.42 Å². The van der Waals surface area contributed by atoms with E-state index in [2.05, 4.69) is 32.0 Å². The zero-order valence-corrected chi connectivity index (χ0v) is 9.73. The fraction of sp³-hybridized carbons (Fsp3) is 0.286. The van der Waals surface area contributed by atoms with Gasteiger partial charge in [0.1, 0.15) is 0 Å². The maximum absolute atomic E-state index is 6.15. The molecular formula is C14H17NO. The van der Waals surface area contributed by atoms with Crippen molar-refractivity contribution in [2.45, 2.75) is 26.3 Å². The molecule has 0 bridgehead atoms. The van der Waals surface area contributed by atoms with Gasteiger partial charge >= 0.3 is 0 Å². The van der Waals surface area contributed by atoms with Gasteiger partial charge in [0.15, 0.2) is 0 Å². The normalized spacial score (nSPS) is 12.7. The Bertz CT molecular complexity index is 439. The Kier molecular flexibility index (Phi) is 3.11. The molecule has 16 heavy (non-hydrogen) atoms. The third-order valence-corrected chi connectivity index (χ3v) is 3.04. The van der Waals surface area contributed by atoms with Crippen LogP contribution in [0.4, 0.5) is 0 Å². The van der Waals surface area contributed by atoms with Crippen LogP contribution in [0, 0.1) is 13.8 Å². The second kappa shape index (κ2) is 4.54. The van der Waals surface area contributed by atoms with Crippen molar-refractivity contribution >= 4 is 0 Å². The van der Waals surface area contributed by atoms with Gasteiger partial charge in [-0.05, 0) is 43.0 Å². The molecule has 1 heterocycles. The minimum Gasteiger partial charge on any atom is -0.472 e. The Balaban J connectivity index is 2.21. The molecular weight excluding hydrogens is 198 g/mol. The molecule has 1 unspecified atom stereocenters. The quantitative estimate of drug-likeness (QED) is 0.854. The number of furan rings is 1. The second-order valence-corrected chi connectivity index (χ2v) is 4.24. The topological polar surface area (TPSA) is 39.2 Å². The average Bonchev–Trinajstić information content (AvgIpc) is 2.76. The summed E-state index contributed by atoms with van der Waals surface area (Å²) in [5.74, 6) is 0. The van der Waals surface area contributed by atoms with E-state index in [4.69, 9.17) is 10.2 Å². The Morgan fingerprint density at radius 1 is 1.19 bits per heavy atom. The molecule has 0 amide bonds. The number of hydrogen-bond acceptors (Lipinski definition) is 2. The van der Waals surface area contributed by atoms with Crippen LogP contribution >= 0.6 is 0 Å². The molecule has 0 saturated heterocycles. The van der Waals surface area contributed by atoms with Crippen molar-refractivity contribution in [1.29, 1.82) is 0 Å². The molecule has 0 radical (unpaired) electrons. The SMILES string of the molecule is Cc1cccc(C)c1CC(N)c1ccoc1. The Labute approximate surface area is 96.1 Å². The highest BCUT2D eigenvalue weighted by Crippen LogP contribution is 2.21. The van der Waals surface area contributed by atoms with Crippen LogP contribution in [0.15, 0.2) is 41.2 Å². The van der Waals surface area contributed by atoms with Gasteiger partial charge in [0.05, 0.1) is 12.5 Å². The summed E-state index contributed by atoms with van der Waals surface area (Å²) in [5.41, 5.74) is 11.2. The van der Waals surface area contributed by atoms with Gasteiger partial charge in [-0.15, -0.1) is 0 Å². The highest BCUT2D eigenvalue weighted by atomic mass is 16.3. The molecule has 0 spiro atoms. The molecule has 0 fully saturated rings. The van der Waals surface area contributed by atoms with Crippen LogP contribution in [-0.2, 0) is 6.42 Å². The number of benzene rings is 1. The fourth-order valence-electron chi connectivity index (χ4n) is 1.99. The molecule has 2 aromatic rings. The minimum atomic E-state index is 0.0125. The maximum atomic E-state index is 6.15. The summed E-state index contributed by atoms with van der Waals surface area (Å²) < 4.78 is 5.05. The molecule has 1 aromatic heterocycles. The summed E-state index contributed by atoms with van der Waals surface area (Å²) in [6, 6.07) is 8.28. The van der Waals surface area contributed by atoms with Crippen LogP contribution in [0.3, 0.4) is 0 Å². The average molecular weight is 215 g/mol. The lowest BCUT2D eigenvalue weighted by Gasteiger charge is -2.14. The van der Waals surface area contributed by atoms with Gasteiger partial charge in [0.2, 0.25) is 0 Å². The molecule has 0 aliphatic carbocycles. The molecule has 2 rings (SSSR count). The zero-order chi connectivity index (χ0) is 11.5. The van der Waals surface area contributed by atoms with E-state index in [0.717, 1.165) is 12.0 Å². The van der Waals surface area contributed by atoms with E-state index in [1.807, 2.05) is 6.07 Å². The van der Waals surface area contributed by atoms with E-state index < -0.39 is 0 Å². The lowest BCUT2D eigenvalue weighted by molar-refractivity contribution is 0.558. The van der Waals surface area contributed by atoms with Crippen molar-refractivity contribution in [1.82, 2.24) is 0 Å². The highest BCUT2D eigenvalue weighted by molar-refractivity contribution is 5.35. The Morgan fingerprint density at radius 3 is 2.44 bits per heavy atom. The number of rotatable bonds is 3. The fourth-order valence-corrected chi connectivity index (χ4v) is 1.99. The van der Waals surface area contributed by atoms with E-state index in [0.29, 0.717) is 0 Å². The molecule has 84 valence electrons. The monoisotopic (exact) mass is 215 g/mol. The summed E-state index contributed by atoms with van der Waals surface area (Å²) >= 11 is 0. The van der Waals surface area contributed by atoms with E-state index >= 15 is 0 Å². The lowest BCUT2D eigenvalue weighted by Crippen LogP contribution is -2.13. The van der Waals surface area contributed by atoms with E-state index in [1.165, 1.54) is 16.7 Å². The first-order chi connectivity index (χ1) is 7.68. The van der Waals surface area contributed by atoms with Crippen molar-refractivity contribution in [3.63, 3.8) is 0 Å². The maximum Gasteiger partial charge on any atom is 0.0950 e. The number of nitrogens with two attached hydrogens (primary N) is 1. The van der Waals surface area contributed by atoms with Crippen LogP contribution in [0.1, 0.15) is 28.3 Å². The van der Waals surface area contributed by atoms with Crippen LogP contribution < -0.4 is 5.73 Å². The first-order valence-corrected chi connectivity index (χ1v) is 5.51. The lowest BCUT2D eigenvalue weighted by atomic mass is 9.94. The van der Waals surface area contributed by atoms with E-state index in [-0.39, 0.29) is 6.04 Å². The van der Waals surface area contributed by atoms with Crippen molar-refractivity contribution in [3.05, 3.63) is 59.0 Å². The summed E-state index contributed by atoms with van der Waals surface area (Å²) in [6.07, 6.45) is 4.25. The predicted octanol–water partition coefficient (Wildman–Crippen LogP) is 3.14. The highest BCUT2D eigenvalue weighted by Gasteiger charge is 2.11. The van der Waals surface area contributed by atoms with Crippen LogP contribution in [0.25, 0.3) is 0 Å². The molecule has 2 N–H and O–H groups in total. The molecule has 1 aromatic carbocycles. The van der Waals surface area contributed by atoms with Crippen LogP contribution in [0.5, 0.6) is 0 Å². The van der Waals surface area contributed by atoms with Gasteiger partial charge in [0.25, 0.3) is 0 Å². The second-order valence-electron chi connectivity index (χ2n) is 4.24. The third kappa shape index (κ3) is 2.17. The summed E-state index contributed by atoms with van der Waals surface area (Å²) in [4.78, 5) is 0. The molecule has 0 saturated carbocycles. The molecule has 2 heteroatoms. The standard InChI is InChI=1S/C14H17NO/c1-10-4-3-5-11(2)13(10)8-14(15)12-6-7-16-9-12/h3-7,9,14H,8,15H2,1-2H3. The van der Waals surface area contributed by atoms with Gasteiger partial charge in [-0.25, -0.2) is 0 Å². The zero-order valence-electron chi connectivity index (χ0n) is 9.73. The minimum absolute atomic E-state index is 0.0125.